The zero-order chi connectivity index (χ0) is 13.7. The number of aromatic nitrogens is 3. The molecule has 2 aromatic heterocycles. The third-order valence-electron chi connectivity index (χ3n) is 2.45. The van der Waals surface area contributed by atoms with Crippen molar-refractivity contribution in [3.63, 3.8) is 0 Å². The van der Waals surface area contributed by atoms with Crippen LogP contribution in [0.5, 0.6) is 0 Å². The van der Waals surface area contributed by atoms with Gasteiger partial charge in [-0.3, -0.25) is 10.1 Å². The highest BCUT2D eigenvalue weighted by Gasteiger charge is 2.09. The maximum absolute atomic E-state index is 10.7. The van der Waals surface area contributed by atoms with Gasteiger partial charge in [0.1, 0.15) is 11.0 Å². The van der Waals surface area contributed by atoms with Crippen LogP contribution < -0.4 is 5.32 Å². The highest BCUT2D eigenvalue weighted by atomic mass is 35.5. The van der Waals surface area contributed by atoms with Gasteiger partial charge in [-0.1, -0.05) is 11.6 Å². The first-order valence-electron chi connectivity index (χ1n) is 5.67. The third kappa shape index (κ3) is 3.92. The van der Waals surface area contributed by atoms with Crippen molar-refractivity contribution in [2.24, 2.45) is 0 Å². The Hall–Kier alpha value is -2.15. The van der Waals surface area contributed by atoms with Gasteiger partial charge in [-0.15, -0.1) is 0 Å². The van der Waals surface area contributed by atoms with Crippen LogP contribution >= 0.6 is 11.6 Å². The minimum atomic E-state index is -0.496. The SMILES string of the molecule is O=[N+]([O-])c1cc(Cl)nc(NCCCn2ccnc2)c1. The Bertz CT molecular complexity index is 558. The zero-order valence-corrected chi connectivity index (χ0v) is 10.7. The molecule has 2 rings (SSSR count). The Morgan fingerprint density at radius 3 is 3.00 bits per heavy atom. The Labute approximate surface area is 114 Å². The number of halogens is 1. The van der Waals surface area contributed by atoms with Crippen molar-refractivity contribution in [3.8, 4) is 0 Å². The van der Waals surface area contributed by atoms with E-state index in [-0.39, 0.29) is 10.8 Å². The van der Waals surface area contributed by atoms with Crippen molar-refractivity contribution >= 4 is 23.1 Å². The average Bonchev–Trinajstić information content (AvgIpc) is 2.87. The van der Waals surface area contributed by atoms with Crippen LogP contribution in [0.2, 0.25) is 5.15 Å². The van der Waals surface area contributed by atoms with Crippen LogP contribution in [0.25, 0.3) is 0 Å². The number of hydrogen-bond acceptors (Lipinski definition) is 5. The highest BCUT2D eigenvalue weighted by molar-refractivity contribution is 6.29. The van der Waals surface area contributed by atoms with Crippen LogP contribution in [0.4, 0.5) is 11.5 Å². The Balaban J connectivity index is 1.87. The number of nitrogens with zero attached hydrogens (tertiary/aromatic N) is 4. The van der Waals surface area contributed by atoms with Gasteiger partial charge in [0.15, 0.2) is 0 Å². The van der Waals surface area contributed by atoms with Crippen LogP contribution in [0.15, 0.2) is 30.9 Å². The normalized spacial score (nSPS) is 10.4. The fourth-order valence-corrected chi connectivity index (χ4v) is 1.78. The van der Waals surface area contributed by atoms with Gasteiger partial charge < -0.3 is 9.88 Å². The van der Waals surface area contributed by atoms with Gasteiger partial charge in [0.2, 0.25) is 0 Å². The van der Waals surface area contributed by atoms with E-state index in [1.807, 2.05) is 10.8 Å². The van der Waals surface area contributed by atoms with Gasteiger partial charge in [0, 0.05) is 25.5 Å². The summed E-state index contributed by atoms with van der Waals surface area (Å²) >= 11 is 5.72. The molecule has 0 radical (unpaired) electrons. The summed E-state index contributed by atoms with van der Waals surface area (Å²) in [6, 6.07) is 2.58. The maximum atomic E-state index is 10.7. The molecule has 0 fully saturated rings. The van der Waals surface area contributed by atoms with Crippen molar-refractivity contribution in [2.75, 3.05) is 11.9 Å². The summed E-state index contributed by atoms with van der Waals surface area (Å²) < 4.78 is 1.95. The molecule has 0 aliphatic heterocycles. The van der Waals surface area contributed by atoms with Crippen LogP contribution in [0, 0.1) is 10.1 Å². The van der Waals surface area contributed by atoms with Crippen molar-refractivity contribution < 1.29 is 4.92 Å². The molecule has 0 unspecified atom stereocenters. The van der Waals surface area contributed by atoms with E-state index in [0.29, 0.717) is 12.4 Å². The molecule has 100 valence electrons. The number of rotatable bonds is 6. The van der Waals surface area contributed by atoms with Crippen molar-refractivity contribution in [3.05, 3.63) is 46.1 Å². The Kier molecular flexibility index (Phi) is 4.30. The number of anilines is 1. The predicted molar refractivity (Wildman–Crippen MR) is 71.2 cm³/mol. The first kappa shape index (κ1) is 13.3. The molecule has 2 heterocycles. The lowest BCUT2D eigenvalue weighted by atomic mass is 10.3. The number of nitro groups is 1. The van der Waals surface area contributed by atoms with Gasteiger partial charge in [0.25, 0.3) is 5.69 Å². The molecule has 0 amide bonds. The molecule has 0 aliphatic carbocycles. The number of aryl methyl sites for hydroxylation is 1. The molecular weight excluding hydrogens is 270 g/mol. The summed E-state index contributed by atoms with van der Waals surface area (Å²) in [6.45, 7) is 1.46. The third-order valence-corrected chi connectivity index (χ3v) is 2.64. The largest absolute Gasteiger partial charge is 0.370 e. The summed E-state index contributed by atoms with van der Waals surface area (Å²) in [5, 5.41) is 13.8. The topological polar surface area (TPSA) is 85.9 Å². The van der Waals surface area contributed by atoms with Gasteiger partial charge in [-0.05, 0) is 6.42 Å². The summed E-state index contributed by atoms with van der Waals surface area (Å²) in [7, 11) is 0. The van der Waals surface area contributed by atoms with E-state index in [9.17, 15) is 10.1 Å². The van der Waals surface area contributed by atoms with Gasteiger partial charge >= 0.3 is 0 Å². The Morgan fingerprint density at radius 1 is 1.47 bits per heavy atom. The molecule has 8 heteroatoms. The minimum Gasteiger partial charge on any atom is -0.370 e. The molecule has 0 saturated carbocycles. The molecular formula is C11H12ClN5O2. The molecule has 0 bridgehead atoms. The maximum Gasteiger partial charge on any atom is 0.276 e. The molecule has 19 heavy (non-hydrogen) atoms. The molecule has 7 nitrogen and oxygen atoms in total. The van der Waals surface area contributed by atoms with E-state index in [1.54, 1.807) is 12.5 Å². The second-order valence-electron chi connectivity index (χ2n) is 3.87. The van der Waals surface area contributed by atoms with Crippen molar-refractivity contribution in [2.45, 2.75) is 13.0 Å². The van der Waals surface area contributed by atoms with E-state index >= 15 is 0 Å². The second-order valence-corrected chi connectivity index (χ2v) is 4.26. The fraction of sp³-hybridized carbons (Fsp3) is 0.273. The average molecular weight is 282 g/mol. The zero-order valence-electron chi connectivity index (χ0n) is 9.99. The van der Waals surface area contributed by atoms with Crippen molar-refractivity contribution in [1.29, 1.82) is 0 Å². The van der Waals surface area contributed by atoms with Crippen LogP contribution in [0.1, 0.15) is 6.42 Å². The number of nitrogens with one attached hydrogen (secondary N) is 1. The van der Waals surface area contributed by atoms with E-state index in [1.165, 1.54) is 12.1 Å². The summed E-state index contributed by atoms with van der Waals surface area (Å²) in [4.78, 5) is 18.1. The lowest BCUT2D eigenvalue weighted by Gasteiger charge is -2.06. The molecule has 0 aromatic carbocycles. The first-order valence-corrected chi connectivity index (χ1v) is 6.04. The molecule has 0 aliphatic rings. The molecule has 0 spiro atoms. The predicted octanol–water partition coefficient (Wildman–Crippen LogP) is 2.34. The standard InChI is InChI=1S/C11H12ClN5O2/c12-10-6-9(17(18)19)7-11(15-10)14-2-1-4-16-5-3-13-8-16/h3,5-8H,1-2,4H2,(H,14,15). The highest BCUT2D eigenvalue weighted by Crippen LogP contribution is 2.20. The van der Waals surface area contributed by atoms with Gasteiger partial charge in [0.05, 0.1) is 23.4 Å². The number of imidazole rings is 1. The smallest absolute Gasteiger partial charge is 0.276 e. The first-order chi connectivity index (χ1) is 9.15. The number of hydrogen-bond donors (Lipinski definition) is 1. The fourth-order valence-electron chi connectivity index (χ4n) is 1.58. The van der Waals surface area contributed by atoms with E-state index in [2.05, 4.69) is 15.3 Å². The summed E-state index contributed by atoms with van der Waals surface area (Å²) in [5.74, 6) is 0.407. The molecule has 0 saturated heterocycles. The van der Waals surface area contributed by atoms with Crippen LogP contribution in [0.3, 0.4) is 0 Å². The number of pyridine rings is 1. The van der Waals surface area contributed by atoms with Crippen LogP contribution in [-0.2, 0) is 6.54 Å². The quantitative estimate of drug-likeness (QED) is 0.380. The minimum absolute atomic E-state index is 0.0721. The molecule has 1 N–H and O–H groups in total. The second kappa shape index (κ2) is 6.14. The summed E-state index contributed by atoms with van der Waals surface area (Å²) in [5.41, 5.74) is -0.0721. The van der Waals surface area contributed by atoms with E-state index in [4.69, 9.17) is 11.6 Å². The van der Waals surface area contributed by atoms with E-state index < -0.39 is 4.92 Å². The van der Waals surface area contributed by atoms with Crippen molar-refractivity contribution in [1.82, 2.24) is 14.5 Å². The molecule has 2 aromatic rings. The Morgan fingerprint density at radius 2 is 2.32 bits per heavy atom. The van der Waals surface area contributed by atoms with Gasteiger partial charge in [-0.25, -0.2) is 9.97 Å². The summed E-state index contributed by atoms with van der Waals surface area (Å²) in [6.07, 6.45) is 6.18. The lowest BCUT2D eigenvalue weighted by molar-refractivity contribution is -0.384. The molecule has 0 atom stereocenters. The van der Waals surface area contributed by atoms with Gasteiger partial charge in [-0.2, -0.15) is 0 Å². The lowest BCUT2D eigenvalue weighted by Crippen LogP contribution is -2.07. The van der Waals surface area contributed by atoms with Crippen LogP contribution in [-0.4, -0.2) is 26.0 Å². The van der Waals surface area contributed by atoms with E-state index in [0.717, 1.165) is 13.0 Å². The monoisotopic (exact) mass is 281 g/mol.